The highest BCUT2D eigenvalue weighted by atomic mass is 16.5. The molecular weight excluding hydrogens is 276 g/mol. The van der Waals surface area contributed by atoms with Crippen molar-refractivity contribution in [3.05, 3.63) is 29.8 Å². The van der Waals surface area contributed by atoms with E-state index in [9.17, 15) is 19.2 Å². The highest BCUT2D eigenvalue weighted by Crippen LogP contribution is 2.32. The maximum Gasteiger partial charge on any atom is 0.409 e. The molecule has 0 aliphatic heterocycles. The quantitative estimate of drug-likeness (QED) is 0.771. The van der Waals surface area contributed by atoms with E-state index in [0.717, 1.165) is 5.56 Å². The van der Waals surface area contributed by atoms with Crippen molar-refractivity contribution in [2.75, 3.05) is 0 Å². The van der Waals surface area contributed by atoms with Gasteiger partial charge in [0, 0.05) is 12.8 Å². The first-order chi connectivity index (χ1) is 9.88. The maximum atomic E-state index is 11.8. The van der Waals surface area contributed by atoms with Crippen LogP contribution >= 0.6 is 0 Å². The summed E-state index contributed by atoms with van der Waals surface area (Å²) in [5.74, 6) is -3.16. The van der Waals surface area contributed by atoms with Gasteiger partial charge in [0.1, 0.15) is 5.75 Å². The van der Waals surface area contributed by atoms with Crippen LogP contribution in [0.2, 0.25) is 0 Å². The number of hydrogen-bond acceptors (Lipinski definition) is 5. The van der Waals surface area contributed by atoms with Crippen molar-refractivity contribution in [2.45, 2.75) is 18.8 Å². The predicted octanol–water partition coefficient (Wildman–Crippen LogP) is 0.261. The van der Waals surface area contributed by atoms with Crippen molar-refractivity contribution in [3.63, 3.8) is 0 Å². The van der Waals surface area contributed by atoms with Gasteiger partial charge in [-0.2, -0.15) is 0 Å². The summed E-state index contributed by atoms with van der Waals surface area (Å²) in [7, 11) is 0. The van der Waals surface area contributed by atoms with Crippen LogP contribution in [-0.2, 0) is 14.4 Å². The standard InChI is InChI=1S/C14H14N2O5/c15-13(19)12-10(17)5-8(6-11(12)18)7-1-3-9(4-2-7)21-14(16)20/h1-4,8,12H,5-6H2,(H2,15,19)(H2,16,20). The van der Waals surface area contributed by atoms with Gasteiger partial charge in [0.25, 0.3) is 0 Å². The number of primary amides is 2. The Labute approximate surface area is 120 Å². The minimum atomic E-state index is -1.32. The van der Waals surface area contributed by atoms with E-state index in [1.807, 2.05) is 0 Å². The van der Waals surface area contributed by atoms with Crippen LogP contribution in [0.1, 0.15) is 24.3 Å². The highest BCUT2D eigenvalue weighted by Gasteiger charge is 2.39. The Morgan fingerprint density at radius 1 is 1.00 bits per heavy atom. The Bertz CT molecular complexity index is 590. The molecule has 0 radical (unpaired) electrons. The number of amides is 2. The van der Waals surface area contributed by atoms with E-state index < -0.39 is 29.5 Å². The Hall–Kier alpha value is -2.70. The molecule has 1 saturated carbocycles. The van der Waals surface area contributed by atoms with Crippen molar-refractivity contribution in [3.8, 4) is 5.75 Å². The average molecular weight is 290 g/mol. The van der Waals surface area contributed by atoms with Crippen molar-refractivity contribution in [1.82, 2.24) is 0 Å². The fraction of sp³-hybridized carbons (Fsp3) is 0.286. The van der Waals surface area contributed by atoms with Gasteiger partial charge in [-0.05, 0) is 23.6 Å². The zero-order valence-corrected chi connectivity index (χ0v) is 11.1. The third kappa shape index (κ3) is 3.25. The van der Waals surface area contributed by atoms with E-state index in [1.165, 1.54) is 12.1 Å². The average Bonchev–Trinajstić information content (AvgIpc) is 2.37. The first-order valence-corrected chi connectivity index (χ1v) is 6.30. The molecule has 0 unspecified atom stereocenters. The second-order valence-electron chi connectivity index (χ2n) is 4.86. The van der Waals surface area contributed by atoms with Crippen LogP contribution in [0.5, 0.6) is 5.75 Å². The normalized spacial score (nSPS) is 21.9. The molecule has 0 spiro atoms. The summed E-state index contributed by atoms with van der Waals surface area (Å²) in [6.07, 6.45) is -0.764. The number of carbonyl (C=O) groups is 4. The molecule has 2 rings (SSSR count). The molecule has 21 heavy (non-hydrogen) atoms. The van der Waals surface area contributed by atoms with Gasteiger partial charge in [0.2, 0.25) is 5.91 Å². The summed E-state index contributed by atoms with van der Waals surface area (Å²) < 4.78 is 4.69. The third-order valence-electron chi connectivity index (χ3n) is 3.39. The number of nitrogens with two attached hydrogens (primary N) is 2. The van der Waals surface area contributed by atoms with E-state index >= 15 is 0 Å². The highest BCUT2D eigenvalue weighted by molar-refractivity contribution is 6.20. The first-order valence-electron chi connectivity index (χ1n) is 6.30. The molecule has 0 aromatic heterocycles. The lowest BCUT2D eigenvalue weighted by atomic mass is 9.76. The molecule has 1 aromatic carbocycles. The number of Topliss-reactive ketones (excluding diaryl/α,β-unsaturated/α-hetero) is 2. The molecule has 2 amide bonds. The minimum Gasteiger partial charge on any atom is -0.411 e. The van der Waals surface area contributed by atoms with Crippen molar-refractivity contribution >= 4 is 23.6 Å². The molecule has 1 aromatic rings. The van der Waals surface area contributed by atoms with Gasteiger partial charge in [0.15, 0.2) is 17.5 Å². The van der Waals surface area contributed by atoms with Gasteiger partial charge in [-0.1, -0.05) is 12.1 Å². The molecule has 0 saturated heterocycles. The van der Waals surface area contributed by atoms with Crippen LogP contribution in [0.15, 0.2) is 24.3 Å². The Morgan fingerprint density at radius 2 is 1.52 bits per heavy atom. The molecule has 0 heterocycles. The Balaban J connectivity index is 2.13. The summed E-state index contributed by atoms with van der Waals surface area (Å²) in [5, 5.41) is 0. The lowest BCUT2D eigenvalue weighted by molar-refractivity contribution is -0.142. The van der Waals surface area contributed by atoms with Crippen LogP contribution in [0, 0.1) is 5.92 Å². The maximum absolute atomic E-state index is 11.8. The summed E-state index contributed by atoms with van der Waals surface area (Å²) in [6, 6.07) is 6.34. The molecule has 1 aliphatic carbocycles. The second kappa shape index (κ2) is 5.74. The van der Waals surface area contributed by atoms with Gasteiger partial charge < -0.3 is 16.2 Å². The van der Waals surface area contributed by atoms with Crippen molar-refractivity contribution in [1.29, 1.82) is 0 Å². The molecule has 0 atom stereocenters. The minimum absolute atomic E-state index is 0.0787. The van der Waals surface area contributed by atoms with Crippen LogP contribution in [0.25, 0.3) is 0 Å². The summed E-state index contributed by atoms with van der Waals surface area (Å²) in [6.45, 7) is 0. The van der Waals surface area contributed by atoms with E-state index in [0.29, 0.717) is 0 Å². The summed E-state index contributed by atoms with van der Waals surface area (Å²) >= 11 is 0. The van der Waals surface area contributed by atoms with Gasteiger partial charge in [-0.25, -0.2) is 4.79 Å². The summed E-state index contributed by atoms with van der Waals surface area (Å²) in [5.41, 5.74) is 10.7. The molecule has 7 heteroatoms. The summed E-state index contributed by atoms with van der Waals surface area (Å²) in [4.78, 5) is 45.4. The van der Waals surface area contributed by atoms with Crippen LogP contribution in [-0.4, -0.2) is 23.6 Å². The van der Waals surface area contributed by atoms with E-state index in [1.54, 1.807) is 12.1 Å². The van der Waals surface area contributed by atoms with E-state index in [4.69, 9.17) is 16.2 Å². The smallest absolute Gasteiger partial charge is 0.409 e. The fourth-order valence-electron chi connectivity index (χ4n) is 2.45. The topological polar surface area (TPSA) is 130 Å². The number of rotatable bonds is 3. The zero-order valence-electron chi connectivity index (χ0n) is 11.1. The largest absolute Gasteiger partial charge is 0.411 e. The van der Waals surface area contributed by atoms with Gasteiger partial charge >= 0.3 is 6.09 Å². The van der Waals surface area contributed by atoms with Crippen LogP contribution < -0.4 is 16.2 Å². The number of carbonyl (C=O) groups excluding carboxylic acids is 4. The SMILES string of the molecule is NC(=O)Oc1ccc(C2CC(=O)C(C(N)=O)C(=O)C2)cc1. The van der Waals surface area contributed by atoms with Gasteiger partial charge in [-0.3, -0.25) is 14.4 Å². The second-order valence-corrected chi connectivity index (χ2v) is 4.86. The Kier molecular flexibility index (Phi) is 4.02. The van der Waals surface area contributed by atoms with Crippen molar-refractivity contribution < 1.29 is 23.9 Å². The van der Waals surface area contributed by atoms with Crippen LogP contribution in [0.4, 0.5) is 4.79 Å². The van der Waals surface area contributed by atoms with E-state index in [-0.39, 0.29) is 24.5 Å². The molecule has 0 bridgehead atoms. The van der Waals surface area contributed by atoms with Gasteiger partial charge in [-0.15, -0.1) is 0 Å². The predicted molar refractivity (Wildman–Crippen MR) is 71.3 cm³/mol. The molecule has 4 N–H and O–H groups in total. The number of ether oxygens (including phenoxy) is 1. The molecule has 110 valence electrons. The number of benzene rings is 1. The molecular formula is C14H14N2O5. The van der Waals surface area contributed by atoms with E-state index in [2.05, 4.69) is 0 Å². The molecule has 1 aliphatic rings. The Morgan fingerprint density at radius 3 is 1.95 bits per heavy atom. The lowest BCUT2D eigenvalue weighted by Crippen LogP contribution is -2.41. The first kappa shape index (κ1) is 14.7. The number of hydrogen-bond donors (Lipinski definition) is 2. The molecule has 7 nitrogen and oxygen atoms in total. The number of ketones is 2. The van der Waals surface area contributed by atoms with Crippen LogP contribution in [0.3, 0.4) is 0 Å². The zero-order chi connectivity index (χ0) is 15.6. The third-order valence-corrected chi connectivity index (χ3v) is 3.39. The fourth-order valence-corrected chi connectivity index (χ4v) is 2.45. The van der Waals surface area contributed by atoms with Gasteiger partial charge in [0.05, 0.1) is 0 Å². The molecule has 1 fully saturated rings. The van der Waals surface area contributed by atoms with Crippen molar-refractivity contribution in [2.24, 2.45) is 17.4 Å². The monoisotopic (exact) mass is 290 g/mol. The lowest BCUT2D eigenvalue weighted by Gasteiger charge is -2.24.